The number of aromatic nitrogens is 1. The van der Waals surface area contributed by atoms with Crippen molar-refractivity contribution in [1.82, 2.24) is 4.98 Å². The lowest BCUT2D eigenvalue weighted by Crippen LogP contribution is -2.53. The first-order chi connectivity index (χ1) is 17.0. The van der Waals surface area contributed by atoms with Crippen molar-refractivity contribution in [2.75, 3.05) is 0 Å². The SMILES string of the molecule is O=C(O)C(F)(F)F.OC(c1ccc(-c2ccc(OCc3ccccc3)nc2)cc1)(C(F)(F)F)C(F)(F)F. The fraction of sp³-hybridized carbons (Fsp3) is 0.217. The minimum Gasteiger partial charge on any atom is -0.475 e. The van der Waals surface area contributed by atoms with Crippen LogP contribution in [0.5, 0.6) is 5.88 Å². The van der Waals surface area contributed by atoms with Crippen LogP contribution in [-0.4, -0.2) is 39.7 Å². The third kappa shape index (κ3) is 7.35. The Hall–Kier alpha value is -3.81. The molecule has 1 heterocycles. The zero-order chi connectivity index (χ0) is 28.1. The van der Waals surface area contributed by atoms with Gasteiger partial charge in [0.1, 0.15) is 6.61 Å². The van der Waals surface area contributed by atoms with Gasteiger partial charge in [-0.3, -0.25) is 0 Å². The van der Waals surface area contributed by atoms with Crippen LogP contribution in [0.1, 0.15) is 11.1 Å². The van der Waals surface area contributed by atoms with Crippen LogP contribution in [0.4, 0.5) is 39.5 Å². The summed E-state index contributed by atoms with van der Waals surface area (Å²) in [7, 11) is 0. The smallest absolute Gasteiger partial charge is 0.475 e. The lowest BCUT2D eigenvalue weighted by molar-refractivity contribution is -0.376. The summed E-state index contributed by atoms with van der Waals surface area (Å²) in [5.41, 5.74) is -4.56. The van der Waals surface area contributed by atoms with Gasteiger partial charge in [-0.1, -0.05) is 54.6 Å². The van der Waals surface area contributed by atoms with Crippen LogP contribution in [0.2, 0.25) is 0 Å². The largest absolute Gasteiger partial charge is 0.490 e. The number of carbonyl (C=O) groups is 1. The predicted octanol–water partition coefficient (Wildman–Crippen LogP) is 6.27. The van der Waals surface area contributed by atoms with Gasteiger partial charge in [-0.25, -0.2) is 9.78 Å². The van der Waals surface area contributed by atoms with Gasteiger partial charge in [0, 0.05) is 23.4 Å². The second kappa shape index (κ2) is 11.1. The molecule has 0 aliphatic carbocycles. The van der Waals surface area contributed by atoms with Gasteiger partial charge < -0.3 is 14.9 Å². The number of carboxylic acids is 1. The molecule has 2 aromatic carbocycles. The summed E-state index contributed by atoms with van der Waals surface area (Å²) in [6.07, 6.45) is -15.5. The van der Waals surface area contributed by atoms with Crippen molar-refractivity contribution >= 4 is 5.97 Å². The Morgan fingerprint density at radius 1 is 0.757 bits per heavy atom. The van der Waals surface area contributed by atoms with Crippen molar-refractivity contribution < 1.29 is 59.3 Å². The minimum absolute atomic E-state index is 0.287. The molecular formula is C23H16F9NO4. The molecule has 200 valence electrons. The van der Waals surface area contributed by atoms with E-state index in [0.717, 1.165) is 17.7 Å². The first kappa shape index (κ1) is 29.4. The standard InChI is InChI=1S/C21H15F6NO2.C2HF3O2/c22-20(23,24)19(29,21(25,26)27)17-9-6-15(7-10-17)16-8-11-18(28-12-16)30-13-14-4-2-1-3-5-14;3-2(4,5)1(6)7/h1-12,29H,13H2;(H,6,7). The van der Waals surface area contributed by atoms with E-state index in [1.807, 2.05) is 30.3 Å². The van der Waals surface area contributed by atoms with E-state index in [1.165, 1.54) is 12.3 Å². The highest BCUT2D eigenvalue weighted by atomic mass is 19.4. The van der Waals surface area contributed by atoms with Crippen molar-refractivity contribution in [2.24, 2.45) is 0 Å². The molecule has 1 aromatic heterocycles. The van der Waals surface area contributed by atoms with Crippen molar-refractivity contribution in [3.63, 3.8) is 0 Å². The summed E-state index contributed by atoms with van der Waals surface area (Å²) < 4.78 is 115. The average Bonchev–Trinajstić information content (AvgIpc) is 2.82. The maximum absolute atomic E-state index is 13.0. The minimum atomic E-state index is -5.92. The molecule has 3 aromatic rings. The molecule has 0 saturated heterocycles. The zero-order valence-corrected chi connectivity index (χ0v) is 18.2. The van der Waals surface area contributed by atoms with Crippen molar-refractivity contribution in [3.05, 3.63) is 84.1 Å². The Morgan fingerprint density at radius 3 is 1.65 bits per heavy atom. The van der Waals surface area contributed by atoms with Gasteiger partial charge >= 0.3 is 24.5 Å². The molecule has 0 amide bonds. The van der Waals surface area contributed by atoms with Gasteiger partial charge in [-0.15, -0.1) is 0 Å². The Bertz CT molecular complexity index is 1140. The number of ether oxygens (including phenoxy) is 1. The molecule has 0 aliphatic heterocycles. The molecule has 0 fully saturated rings. The molecule has 0 saturated carbocycles. The van der Waals surface area contributed by atoms with E-state index in [2.05, 4.69) is 4.98 Å². The molecule has 0 unspecified atom stereocenters. The van der Waals surface area contributed by atoms with E-state index in [-0.39, 0.29) is 6.61 Å². The first-order valence-corrected chi connectivity index (χ1v) is 9.86. The number of aliphatic carboxylic acids is 1. The Kier molecular flexibility index (Phi) is 8.80. The van der Waals surface area contributed by atoms with Crippen molar-refractivity contribution in [3.8, 4) is 17.0 Å². The molecule has 2 N–H and O–H groups in total. The summed E-state index contributed by atoms with van der Waals surface area (Å²) in [6.45, 7) is 0.287. The molecule has 3 rings (SSSR count). The van der Waals surface area contributed by atoms with Crippen molar-refractivity contribution in [2.45, 2.75) is 30.7 Å². The van der Waals surface area contributed by atoms with Gasteiger partial charge in [0.05, 0.1) is 0 Å². The first-order valence-electron chi connectivity index (χ1n) is 9.86. The molecule has 0 spiro atoms. The monoisotopic (exact) mass is 541 g/mol. The number of carboxylic acid groups (broad SMARTS) is 1. The van der Waals surface area contributed by atoms with Crippen LogP contribution in [-0.2, 0) is 17.0 Å². The Balaban J connectivity index is 0.000000604. The van der Waals surface area contributed by atoms with E-state index in [9.17, 15) is 44.6 Å². The molecule has 14 heteroatoms. The Labute approximate surface area is 202 Å². The number of alkyl halides is 9. The summed E-state index contributed by atoms with van der Waals surface area (Å²) in [5.74, 6) is -2.45. The summed E-state index contributed by atoms with van der Waals surface area (Å²) >= 11 is 0. The maximum atomic E-state index is 13.0. The van der Waals surface area contributed by atoms with Crippen molar-refractivity contribution in [1.29, 1.82) is 0 Å². The topological polar surface area (TPSA) is 79.7 Å². The number of hydrogen-bond acceptors (Lipinski definition) is 4. The maximum Gasteiger partial charge on any atom is 0.490 e. The highest BCUT2D eigenvalue weighted by Crippen LogP contribution is 2.50. The van der Waals surface area contributed by atoms with Gasteiger partial charge in [0.15, 0.2) is 0 Å². The number of nitrogens with zero attached hydrogens (tertiary/aromatic N) is 1. The predicted molar refractivity (Wildman–Crippen MR) is 110 cm³/mol. The normalized spacial score (nSPS) is 12.4. The highest BCUT2D eigenvalue weighted by molar-refractivity contribution is 5.73. The van der Waals surface area contributed by atoms with Crippen LogP contribution >= 0.6 is 0 Å². The van der Waals surface area contributed by atoms with E-state index in [0.29, 0.717) is 29.1 Å². The van der Waals surface area contributed by atoms with E-state index in [1.54, 1.807) is 6.07 Å². The van der Waals surface area contributed by atoms with Crippen LogP contribution in [0.15, 0.2) is 72.9 Å². The van der Waals surface area contributed by atoms with Gasteiger partial charge in [-0.2, -0.15) is 39.5 Å². The number of halogens is 9. The van der Waals surface area contributed by atoms with Gasteiger partial charge in [0.2, 0.25) is 5.88 Å². The molecule has 0 atom stereocenters. The third-order valence-electron chi connectivity index (χ3n) is 4.66. The molecular weight excluding hydrogens is 525 g/mol. The van der Waals surface area contributed by atoms with Gasteiger partial charge in [-0.05, 0) is 17.2 Å². The highest BCUT2D eigenvalue weighted by Gasteiger charge is 2.71. The van der Waals surface area contributed by atoms with E-state index in [4.69, 9.17) is 14.6 Å². The van der Waals surface area contributed by atoms with Crippen LogP contribution < -0.4 is 4.74 Å². The third-order valence-corrected chi connectivity index (χ3v) is 4.66. The lowest BCUT2D eigenvalue weighted by atomic mass is 9.91. The van der Waals surface area contributed by atoms with Crippen LogP contribution in [0.3, 0.4) is 0 Å². The van der Waals surface area contributed by atoms with E-state index < -0.39 is 35.7 Å². The fourth-order valence-electron chi connectivity index (χ4n) is 2.76. The van der Waals surface area contributed by atoms with E-state index >= 15 is 0 Å². The second-order valence-corrected chi connectivity index (χ2v) is 7.25. The number of benzene rings is 2. The lowest BCUT2D eigenvalue weighted by Gasteiger charge is -2.32. The van der Waals surface area contributed by atoms with Gasteiger partial charge in [0.25, 0.3) is 5.60 Å². The molecule has 5 nitrogen and oxygen atoms in total. The number of hydrogen-bond donors (Lipinski definition) is 2. The quantitative estimate of drug-likeness (QED) is 0.372. The molecule has 0 radical (unpaired) electrons. The summed E-state index contributed by atoms with van der Waals surface area (Å²) in [4.78, 5) is 13.0. The number of rotatable bonds is 5. The van der Waals surface area contributed by atoms with Crippen LogP contribution in [0, 0.1) is 0 Å². The Morgan fingerprint density at radius 2 is 1.24 bits per heavy atom. The summed E-state index contributed by atoms with van der Waals surface area (Å²) in [6, 6.07) is 15.7. The molecule has 37 heavy (non-hydrogen) atoms. The fourth-order valence-corrected chi connectivity index (χ4v) is 2.76. The second-order valence-electron chi connectivity index (χ2n) is 7.25. The van der Waals surface area contributed by atoms with Crippen LogP contribution in [0.25, 0.3) is 11.1 Å². The summed E-state index contributed by atoms with van der Waals surface area (Å²) in [5, 5.41) is 16.6. The molecule has 0 aliphatic rings. The zero-order valence-electron chi connectivity index (χ0n) is 18.2. The number of aliphatic hydroxyl groups is 1. The average molecular weight is 541 g/mol. The number of pyridine rings is 1. The molecule has 0 bridgehead atoms.